The summed E-state index contributed by atoms with van der Waals surface area (Å²) < 4.78 is 5.19. The van der Waals surface area contributed by atoms with Gasteiger partial charge in [-0.25, -0.2) is 0 Å². The van der Waals surface area contributed by atoms with Crippen molar-refractivity contribution < 1.29 is 9.52 Å². The minimum absolute atomic E-state index is 0.0817. The van der Waals surface area contributed by atoms with E-state index >= 15 is 0 Å². The highest BCUT2D eigenvalue weighted by molar-refractivity contribution is 6.92. The van der Waals surface area contributed by atoms with Gasteiger partial charge in [0, 0.05) is 5.56 Å². The van der Waals surface area contributed by atoms with Crippen molar-refractivity contribution in [3.63, 3.8) is 0 Å². The summed E-state index contributed by atoms with van der Waals surface area (Å²) in [7, 11) is -1.55. The molecule has 0 fully saturated rings. The molecule has 0 atom stereocenters. The maximum atomic E-state index is 9.20. The van der Waals surface area contributed by atoms with Crippen molar-refractivity contribution in [1.82, 2.24) is 0 Å². The molecular formula is C11H20O2Si. The van der Waals surface area contributed by atoms with E-state index in [0.717, 1.165) is 5.56 Å². The standard InChI is InChI=1S/C11H20O2Si/c1-11(2,3)14(4,5)10-8-13-7-9(10)6-12/h7-8,12H,6H2,1-5H3. The van der Waals surface area contributed by atoms with Crippen LogP contribution in [0.3, 0.4) is 0 Å². The first-order valence-corrected chi connectivity index (χ1v) is 7.97. The summed E-state index contributed by atoms with van der Waals surface area (Å²) in [5, 5.41) is 10.7. The first-order chi connectivity index (χ1) is 6.30. The van der Waals surface area contributed by atoms with Crippen LogP contribution in [-0.4, -0.2) is 13.2 Å². The van der Waals surface area contributed by atoms with Crippen LogP contribution in [0.15, 0.2) is 16.9 Å². The summed E-state index contributed by atoms with van der Waals surface area (Å²) in [6, 6.07) is 0. The van der Waals surface area contributed by atoms with Crippen molar-refractivity contribution in [3.05, 3.63) is 18.1 Å². The topological polar surface area (TPSA) is 33.4 Å². The molecule has 0 saturated heterocycles. The van der Waals surface area contributed by atoms with E-state index in [0.29, 0.717) is 0 Å². The predicted octanol–water partition coefficient (Wildman–Crippen LogP) is 2.49. The van der Waals surface area contributed by atoms with E-state index in [9.17, 15) is 5.11 Å². The minimum Gasteiger partial charge on any atom is -0.472 e. The zero-order valence-electron chi connectivity index (χ0n) is 9.72. The molecule has 1 aromatic rings. The zero-order valence-corrected chi connectivity index (χ0v) is 10.7. The van der Waals surface area contributed by atoms with E-state index in [1.165, 1.54) is 5.19 Å². The molecule has 14 heavy (non-hydrogen) atoms. The Kier molecular flexibility index (Phi) is 2.93. The fourth-order valence-electron chi connectivity index (χ4n) is 1.40. The molecule has 1 aromatic heterocycles. The number of aliphatic hydroxyl groups excluding tert-OH is 1. The van der Waals surface area contributed by atoms with Crippen LogP contribution < -0.4 is 5.19 Å². The Labute approximate surface area is 87.0 Å². The molecule has 80 valence electrons. The average molecular weight is 212 g/mol. The molecule has 2 nitrogen and oxygen atoms in total. The molecule has 1 N–H and O–H groups in total. The van der Waals surface area contributed by atoms with Gasteiger partial charge in [0.1, 0.15) is 0 Å². The van der Waals surface area contributed by atoms with Crippen LogP contribution in [0, 0.1) is 0 Å². The molecule has 0 unspecified atom stereocenters. The van der Waals surface area contributed by atoms with Crippen LogP contribution in [0.4, 0.5) is 0 Å². The largest absolute Gasteiger partial charge is 0.472 e. The predicted molar refractivity (Wildman–Crippen MR) is 61.5 cm³/mol. The first kappa shape index (κ1) is 11.5. The van der Waals surface area contributed by atoms with Gasteiger partial charge in [-0.3, -0.25) is 0 Å². The van der Waals surface area contributed by atoms with Crippen LogP contribution in [0.2, 0.25) is 18.1 Å². The van der Waals surface area contributed by atoms with Gasteiger partial charge in [0.15, 0.2) is 0 Å². The van der Waals surface area contributed by atoms with Gasteiger partial charge in [0.2, 0.25) is 0 Å². The molecule has 0 bridgehead atoms. The Hall–Kier alpha value is -0.543. The zero-order chi connectivity index (χ0) is 11.0. The number of hydrogen-bond donors (Lipinski definition) is 1. The van der Waals surface area contributed by atoms with E-state index in [1.807, 2.05) is 6.26 Å². The molecule has 0 saturated carbocycles. The Morgan fingerprint density at radius 1 is 1.29 bits per heavy atom. The van der Waals surface area contributed by atoms with Crippen molar-refractivity contribution in [2.75, 3.05) is 0 Å². The molecule has 0 aliphatic carbocycles. The van der Waals surface area contributed by atoms with Crippen LogP contribution in [0.5, 0.6) is 0 Å². The van der Waals surface area contributed by atoms with Crippen molar-refractivity contribution in [2.24, 2.45) is 0 Å². The molecule has 1 rings (SSSR count). The number of hydrogen-bond acceptors (Lipinski definition) is 2. The summed E-state index contributed by atoms with van der Waals surface area (Å²) in [5.41, 5.74) is 0.955. The van der Waals surface area contributed by atoms with E-state index in [1.54, 1.807) is 6.26 Å². The highest BCUT2D eigenvalue weighted by Gasteiger charge is 2.39. The molecular weight excluding hydrogens is 192 g/mol. The molecule has 3 heteroatoms. The second kappa shape index (κ2) is 3.55. The van der Waals surface area contributed by atoms with Crippen LogP contribution >= 0.6 is 0 Å². The smallest absolute Gasteiger partial charge is 0.0956 e. The summed E-state index contributed by atoms with van der Waals surface area (Å²) in [4.78, 5) is 0. The second-order valence-electron chi connectivity index (χ2n) is 5.34. The lowest BCUT2D eigenvalue weighted by atomic mass is 10.2. The van der Waals surface area contributed by atoms with Crippen molar-refractivity contribution in [3.8, 4) is 0 Å². The third-order valence-corrected chi connectivity index (χ3v) is 9.00. The Morgan fingerprint density at radius 2 is 1.86 bits per heavy atom. The normalized spacial score (nSPS) is 13.3. The van der Waals surface area contributed by atoms with Crippen LogP contribution in [0.25, 0.3) is 0 Å². The molecule has 0 aromatic carbocycles. The summed E-state index contributed by atoms with van der Waals surface area (Å²) >= 11 is 0. The van der Waals surface area contributed by atoms with Gasteiger partial charge < -0.3 is 9.52 Å². The lowest BCUT2D eigenvalue weighted by Crippen LogP contribution is -2.50. The van der Waals surface area contributed by atoms with E-state index in [2.05, 4.69) is 33.9 Å². The van der Waals surface area contributed by atoms with Gasteiger partial charge in [-0.15, -0.1) is 0 Å². The highest BCUT2D eigenvalue weighted by Crippen LogP contribution is 2.36. The minimum atomic E-state index is -1.55. The van der Waals surface area contributed by atoms with Crippen LogP contribution in [-0.2, 0) is 6.61 Å². The van der Waals surface area contributed by atoms with Gasteiger partial charge in [0.05, 0.1) is 27.2 Å². The molecule has 0 spiro atoms. The lowest BCUT2D eigenvalue weighted by Gasteiger charge is -2.36. The average Bonchev–Trinajstić information content (AvgIpc) is 2.49. The Balaban J connectivity index is 3.16. The van der Waals surface area contributed by atoms with Gasteiger partial charge in [-0.05, 0) is 10.2 Å². The van der Waals surface area contributed by atoms with E-state index in [4.69, 9.17) is 4.42 Å². The van der Waals surface area contributed by atoms with E-state index in [-0.39, 0.29) is 11.6 Å². The lowest BCUT2D eigenvalue weighted by molar-refractivity contribution is 0.281. The second-order valence-corrected chi connectivity index (χ2v) is 10.6. The fraction of sp³-hybridized carbons (Fsp3) is 0.636. The van der Waals surface area contributed by atoms with Crippen molar-refractivity contribution in [2.45, 2.75) is 45.5 Å². The first-order valence-electron chi connectivity index (χ1n) is 4.97. The highest BCUT2D eigenvalue weighted by atomic mass is 28.3. The Morgan fingerprint density at radius 3 is 2.29 bits per heavy atom. The van der Waals surface area contributed by atoms with Crippen molar-refractivity contribution >= 4 is 13.3 Å². The Bertz CT molecular complexity index is 307. The number of rotatable bonds is 2. The summed E-state index contributed by atoms with van der Waals surface area (Å²) in [6.07, 6.45) is 3.47. The summed E-state index contributed by atoms with van der Waals surface area (Å²) in [5.74, 6) is 0. The molecule has 0 aliphatic heterocycles. The SMILES string of the molecule is CC(C)(C)[Si](C)(C)c1cocc1CO. The quantitative estimate of drug-likeness (QED) is 0.764. The third-order valence-electron chi connectivity index (χ3n) is 3.46. The van der Waals surface area contributed by atoms with Gasteiger partial charge in [-0.1, -0.05) is 33.9 Å². The maximum absolute atomic E-state index is 9.20. The number of furan rings is 1. The monoisotopic (exact) mass is 212 g/mol. The number of aliphatic hydroxyl groups is 1. The van der Waals surface area contributed by atoms with E-state index < -0.39 is 8.07 Å². The van der Waals surface area contributed by atoms with Crippen LogP contribution in [0.1, 0.15) is 26.3 Å². The summed E-state index contributed by atoms with van der Waals surface area (Å²) in [6.45, 7) is 11.5. The van der Waals surface area contributed by atoms with Gasteiger partial charge in [-0.2, -0.15) is 0 Å². The van der Waals surface area contributed by atoms with Gasteiger partial charge >= 0.3 is 0 Å². The van der Waals surface area contributed by atoms with Crippen molar-refractivity contribution in [1.29, 1.82) is 0 Å². The van der Waals surface area contributed by atoms with Gasteiger partial charge in [0.25, 0.3) is 0 Å². The fourth-order valence-corrected chi connectivity index (χ4v) is 3.51. The molecule has 1 heterocycles. The molecule has 0 amide bonds. The molecule has 0 aliphatic rings. The molecule has 0 radical (unpaired) electrons. The third kappa shape index (κ3) is 1.79. The maximum Gasteiger partial charge on any atom is 0.0956 e.